The van der Waals surface area contributed by atoms with Gasteiger partial charge in [0.1, 0.15) is 6.54 Å². The lowest BCUT2D eigenvalue weighted by Crippen LogP contribution is -2.38. The topological polar surface area (TPSA) is 80.1 Å². The minimum atomic E-state index is -0.410. The minimum Gasteiger partial charge on any atom is -0.328 e. The number of benzene rings is 2. The molecule has 0 saturated carbocycles. The molecule has 0 aliphatic carbocycles. The van der Waals surface area contributed by atoms with Crippen molar-refractivity contribution in [3.05, 3.63) is 76.0 Å². The molecule has 0 atom stereocenters. The van der Waals surface area contributed by atoms with E-state index >= 15 is 0 Å². The number of amides is 2. The van der Waals surface area contributed by atoms with Gasteiger partial charge in [-0.25, -0.2) is 4.68 Å². The molecule has 2 aromatic carbocycles. The second kappa shape index (κ2) is 9.54. The molecule has 0 aliphatic rings. The van der Waals surface area contributed by atoms with Gasteiger partial charge in [0, 0.05) is 6.54 Å². The monoisotopic (exact) mass is 431 g/mol. The highest BCUT2D eigenvalue weighted by Crippen LogP contribution is 2.29. The molecule has 0 unspecified atom stereocenters. The highest BCUT2D eigenvalue weighted by atomic mass is 35.5. The summed E-state index contributed by atoms with van der Waals surface area (Å²) in [6.07, 6.45) is 1.57. The van der Waals surface area contributed by atoms with Crippen LogP contribution in [0.15, 0.2) is 54.7 Å². The van der Waals surface area contributed by atoms with Gasteiger partial charge in [0.15, 0.2) is 5.69 Å². The molecule has 0 aliphatic heterocycles. The molecule has 9 heteroatoms. The lowest BCUT2D eigenvalue weighted by Gasteiger charge is -2.19. The van der Waals surface area contributed by atoms with Crippen molar-refractivity contribution >= 4 is 40.7 Å². The lowest BCUT2D eigenvalue weighted by atomic mass is 10.2. The maximum Gasteiger partial charge on any atom is 0.276 e. The smallest absolute Gasteiger partial charge is 0.276 e. The van der Waals surface area contributed by atoms with E-state index in [1.165, 1.54) is 4.90 Å². The fourth-order valence-corrected chi connectivity index (χ4v) is 3.19. The summed E-state index contributed by atoms with van der Waals surface area (Å²) in [4.78, 5) is 26.5. The van der Waals surface area contributed by atoms with Gasteiger partial charge < -0.3 is 10.2 Å². The summed E-state index contributed by atoms with van der Waals surface area (Å²) in [6, 6.07) is 14.6. The van der Waals surface area contributed by atoms with E-state index in [1.54, 1.807) is 36.0 Å². The summed E-state index contributed by atoms with van der Waals surface area (Å²) >= 11 is 12.1. The molecule has 0 saturated heterocycles. The van der Waals surface area contributed by atoms with Crippen LogP contribution in [0.4, 0.5) is 5.69 Å². The van der Waals surface area contributed by atoms with Gasteiger partial charge in [-0.05, 0) is 24.6 Å². The Balaban J connectivity index is 1.65. The van der Waals surface area contributed by atoms with Crippen LogP contribution < -0.4 is 5.32 Å². The second-order valence-corrected chi connectivity index (χ2v) is 7.07. The molecule has 0 bridgehead atoms. The summed E-state index contributed by atoms with van der Waals surface area (Å²) in [7, 11) is 0. The van der Waals surface area contributed by atoms with Gasteiger partial charge in [-0.1, -0.05) is 64.8 Å². The van der Waals surface area contributed by atoms with Crippen molar-refractivity contribution < 1.29 is 9.59 Å². The standard InChI is InChI=1S/C20H19Cl2N5O2/c1-2-26(13-18(28)23-19-15(21)9-6-10-16(19)22)20(29)17-12-27(25-24-17)11-14-7-4-3-5-8-14/h3-10,12H,2,11,13H2,1H3,(H,23,28). The predicted molar refractivity (Wildman–Crippen MR) is 112 cm³/mol. The number of nitrogens with one attached hydrogen (secondary N) is 1. The molecule has 7 nitrogen and oxygen atoms in total. The third kappa shape index (κ3) is 5.34. The summed E-state index contributed by atoms with van der Waals surface area (Å²) in [5.74, 6) is -0.793. The van der Waals surface area contributed by atoms with E-state index < -0.39 is 5.91 Å². The van der Waals surface area contributed by atoms with Crippen LogP contribution in [-0.2, 0) is 11.3 Å². The van der Waals surface area contributed by atoms with Crippen molar-refractivity contribution in [1.82, 2.24) is 19.9 Å². The Morgan fingerprint density at radius 1 is 1.07 bits per heavy atom. The molecule has 1 N–H and O–H groups in total. The van der Waals surface area contributed by atoms with E-state index in [0.29, 0.717) is 28.8 Å². The first-order valence-corrected chi connectivity index (χ1v) is 9.70. The molecule has 29 heavy (non-hydrogen) atoms. The first-order valence-electron chi connectivity index (χ1n) is 8.95. The number of rotatable bonds is 7. The number of likely N-dealkylation sites (N-methyl/N-ethyl adjacent to an activating group) is 1. The molecule has 3 rings (SSSR count). The Morgan fingerprint density at radius 2 is 1.76 bits per heavy atom. The third-order valence-electron chi connectivity index (χ3n) is 4.18. The SMILES string of the molecule is CCN(CC(=O)Nc1c(Cl)cccc1Cl)C(=O)c1cn(Cc2ccccc2)nn1. The van der Waals surface area contributed by atoms with Gasteiger partial charge in [0.2, 0.25) is 5.91 Å². The number of hydrogen-bond donors (Lipinski definition) is 1. The van der Waals surface area contributed by atoms with Crippen LogP contribution >= 0.6 is 23.2 Å². The predicted octanol–water partition coefficient (Wildman–Crippen LogP) is 3.73. The van der Waals surface area contributed by atoms with E-state index in [2.05, 4.69) is 15.6 Å². The Labute approximate surface area is 178 Å². The first-order chi connectivity index (χ1) is 14.0. The molecule has 0 fully saturated rings. The first kappa shape index (κ1) is 20.8. The van der Waals surface area contributed by atoms with Gasteiger partial charge >= 0.3 is 0 Å². The van der Waals surface area contributed by atoms with Crippen molar-refractivity contribution in [3.63, 3.8) is 0 Å². The second-order valence-electron chi connectivity index (χ2n) is 6.25. The Morgan fingerprint density at radius 3 is 2.41 bits per heavy atom. The number of para-hydroxylation sites is 1. The van der Waals surface area contributed by atoms with Crippen molar-refractivity contribution in [2.45, 2.75) is 13.5 Å². The zero-order chi connectivity index (χ0) is 20.8. The summed E-state index contributed by atoms with van der Waals surface area (Å²) in [6.45, 7) is 2.44. The van der Waals surface area contributed by atoms with Crippen LogP contribution in [0.2, 0.25) is 10.0 Å². The van der Waals surface area contributed by atoms with E-state index in [-0.39, 0.29) is 18.1 Å². The average Bonchev–Trinajstić information content (AvgIpc) is 3.18. The normalized spacial score (nSPS) is 10.6. The molecule has 0 radical (unpaired) electrons. The number of anilines is 1. The van der Waals surface area contributed by atoms with Crippen LogP contribution in [0, 0.1) is 0 Å². The number of aromatic nitrogens is 3. The number of halogens is 2. The molecule has 3 aromatic rings. The minimum absolute atomic E-state index is 0.164. The fourth-order valence-electron chi connectivity index (χ4n) is 2.70. The summed E-state index contributed by atoms with van der Waals surface area (Å²) in [5, 5.41) is 11.2. The van der Waals surface area contributed by atoms with Crippen molar-refractivity contribution in [1.29, 1.82) is 0 Å². The van der Waals surface area contributed by atoms with E-state index in [0.717, 1.165) is 5.56 Å². The van der Waals surface area contributed by atoms with Gasteiger partial charge in [0.05, 0.1) is 28.5 Å². The number of nitrogens with zero attached hydrogens (tertiary/aromatic N) is 4. The van der Waals surface area contributed by atoms with Gasteiger partial charge in [-0.15, -0.1) is 5.10 Å². The zero-order valence-electron chi connectivity index (χ0n) is 15.7. The highest BCUT2D eigenvalue weighted by molar-refractivity contribution is 6.39. The van der Waals surface area contributed by atoms with Crippen LogP contribution in [0.1, 0.15) is 23.0 Å². The molecular formula is C20H19Cl2N5O2. The molecule has 1 heterocycles. The Hall–Kier alpha value is -2.90. The van der Waals surface area contributed by atoms with Crippen LogP contribution in [0.3, 0.4) is 0 Å². The number of carbonyl (C=O) groups excluding carboxylic acids is 2. The molecule has 150 valence electrons. The molecule has 1 aromatic heterocycles. The van der Waals surface area contributed by atoms with E-state index in [4.69, 9.17) is 23.2 Å². The number of hydrogen-bond acceptors (Lipinski definition) is 4. The zero-order valence-corrected chi connectivity index (χ0v) is 17.2. The van der Waals surface area contributed by atoms with Crippen LogP contribution in [0.5, 0.6) is 0 Å². The molecule has 2 amide bonds. The fraction of sp³-hybridized carbons (Fsp3) is 0.200. The number of carbonyl (C=O) groups is 2. The van der Waals surface area contributed by atoms with E-state index in [9.17, 15) is 9.59 Å². The molecule has 0 spiro atoms. The lowest BCUT2D eigenvalue weighted by molar-refractivity contribution is -0.116. The van der Waals surface area contributed by atoms with Crippen molar-refractivity contribution in [3.8, 4) is 0 Å². The van der Waals surface area contributed by atoms with Crippen molar-refractivity contribution in [2.75, 3.05) is 18.4 Å². The maximum atomic E-state index is 12.7. The summed E-state index contributed by atoms with van der Waals surface area (Å²) < 4.78 is 1.58. The van der Waals surface area contributed by atoms with E-state index in [1.807, 2.05) is 30.3 Å². The van der Waals surface area contributed by atoms with Crippen LogP contribution in [0.25, 0.3) is 0 Å². The Bertz CT molecular complexity index is 987. The quantitative estimate of drug-likeness (QED) is 0.617. The Kier molecular flexibility index (Phi) is 6.85. The van der Waals surface area contributed by atoms with Crippen molar-refractivity contribution in [2.24, 2.45) is 0 Å². The van der Waals surface area contributed by atoms with Crippen LogP contribution in [-0.4, -0.2) is 44.8 Å². The largest absolute Gasteiger partial charge is 0.328 e. The third-order valence-corrected chi connectivity index (χ3v) is 4.81. The maximum absolute atomic E-state index is 12.7. The van der Waals surface area contributed by atoms with Gasteiger partial charge in [-0.3, -0.25) is 9.59 Å². The summed E-state index contributed by atoms with van der Waals surface area (Å²) in [5.41, 5.74) is 1.53. The highest BCUT2D eigenvalue weighted by Gasteiger charge is 2.21. The molecular weight excluding hydrogens is 413 g/mol. The van der Waals surface area contributed by atoms with Gasteiger partial charge in [-0.2, -0.15) is 0 Å². The van der Waals surface area contributed by atoms with Gasteiger partial charge in [0.25, 0.3) is 5.91 Å². The average molecular weight is 432 g/mol.